The first-order valence-corrected chi connectivity index (χ1v) is 12.1. The van der Waals surface area contributed by atoms with Gasteiger partial charge in [0.15, 0.2) is 0 Å². The van der Waals surface area contributed by atoms with Crippen molar-refractivity contribution in [3.05, 3.63) is 83.2 Å². The first kappa shape index (κ1) is 23.9. The van der Waals surface area contributed by atoms with Crippen LogP contribution in [0.3, 0.4) is 0 Å². The van der Waals surface area contributed by atoms with Gasteiger partial charge in [0.05, 0.1) is 17.7 Å². The van der Waals surface area contributed by atoms with Gasteiger partial charge in [-0.1, -0.05) is 50.2 Å². The second kappa shape index (κ2) is 9.95. The number of nitrogens with zero attached hydrogens (tertiary/aromatic N) is 2. The van der Waals surface area contributed by atoms with E-state index in [-0.39, 0.29) is 29.1 Å². The number of carbonyl (C=O) groups excluding carboxylic acids is 1. The van der Waals surface area contributed by atoms with Crippen LogP contribution in [-0.2, 0) is 10.2 Å². The van der Waals surface area contributed by atoms with Crippen molar-refractivity contribution in [1.82, 2.24) is 10.2 Å². The summed E-state index contributed by atoms with van der Waals surface area (Å²) in [4.78, 5) is 16.0. The summed E-state index contributed by atoms with van der Waals surface area (Å²) in [5.41, 5.74) is 2.20. The smallest absolute Gasteiger partial charge is 0.224 e. The minimum atomic E-state index is -0.347. The third-order valence-electron chi connectivity index (χ3n) is 7.68. The molecular weight excluding hydrogens is 425 g/mol. The molecule has 1 saturated heterocycles. The van der Waals surface area contributed by atoms with Gasteiger partial charge in [-0.25, -0.2) is 4.39 Å². The van der Waals surface area contributed by atoms with Crippen LogP contribution in [0.4, 0.5) is 4.39 Å². The van der Waals surface area contributed by atoms with E-state index >= 15 is 0 Å². The van der Waals surface area contributed by atoms with Crippen molar-refractivity contribution >= 4 is 16.7 Å². The number of benzene rings is 3. The molecule has 176 valence electrons. The Kier molecular flexibility index (Phi) is 7.00. The zero-order chi connectivity index (χ0) is 24.3. The van der Waals surface area contributed by atoms with Gasteiger partial charge in [-0.3, -0.25) is 4.79 Å². The lowest BCUT2D eigenvalue weighted by molar-refractivity contribution is -0.128. The molecule has 0 bridgehead atoms. The van der Waals surface area contributed by atoms with Crippen LogP contribution in [0.1, 0.15) is 56.3 Å². The predicted molar refractivity (Wildman–Crippen MR) is 134 cm³/mol. The van der Waals surface area contributed by atoms with Crippen molar-refractivity contribution < 1.29 is 9.18 Å². The molecule has 2 atom stereocenters. The molecule has 3 aromatic rings. The van der Waals surface area contributed by atoms with Crippen molar-refractivity contribution in [3.8, 4) is 6.07 Å². The number of nitriles is 1. The van der Waals surface area contributed by atoms with Crippen LogP contribution in [0.25, 0.3) is 10.8 Å². The first-order chi connectivity index (χ1) is 16.4. The lowest BCUT2D eigenvalue weighted by Gasteiger charge is -2.45. The number of piperidine rings is 1. The summed E-state index contributed by atoms with van der Waals surface area (Å²) in [6.07, 6.45) is 1.70. The molecular formula is C29H32FN3O. The average Bonchev–Trinajstić information content (AvgIpc) is 2.87. The van der Waals surface area contributed by atoms with Gasteiger partial charge in [0.2, 0.25) is 5.91 Å². The molecule has 1 N–H and O–H groups in total. The highest BCUT2D eigenvalue weighted by Crippen LogP contribution is 2.42. The molecule has 1 heterocycles. The summed E-state index contributed by atoms with van der Waals surface area (Å²) in [6, 6.07) is 20.3. The quantitative estimate of drug-likeness (QED) is 0.515. The average molecular weight is 458 g/mol. The van der Waals surface area contributed by atoms with Crippen LogP contribution >= 0.6 is 0 Å². The van der Waals surface area contributed by atoms with E-state index in [4.69, 9.17) is 0 Å². The van der Waals surface area contributed by atoms with Gasteiger partial charge in [-0.2, -0.15) is 5.26 Å². The highest BCUT2D eigenvalue weighted by molar-refractivity contribution is 5.88. The molecule has 1 amide bonds. The van der Waals surface area contributed by atoms with Gasteiger partial charge < -0.3 is 10.2 Å². The Labute approximate surface area is 201 Å². The lowest BCUT2D eigenvalue weighted by atomic mass is 9.64. The molecule has 1 aliphatic rings. The van der Waals surface area contributed by atoms with Crippen LogP contribution in [0.15, 0.2) is 60.7 Å². The summed E-state index contributed by atoms with van der Waals surface area (Å²) >= 11 is 0. The van der Waals surface area contributed by atoms with Gasteiger partial charge >= 0.3 is 0 Å². The summed E-state index contributed by atoms with van der Waals surface area (Å²) in [7, 11) is 0. The van der Waals surface area contributed by atoms with E-state index in [1.54, 1.807) is 0 Å². The monoisotopic (exact) mass is 457 g/mol. The van der Waals surface area contributed by atoms with Crippen molar-refractivity contribution in [2.45, 2.75) is 45.1 Å². The Hall–Kier alpha value is -3.23. The normalized spacial score (nSPS) is 17.6. The van der Waals surface area contributed by atoms with Crippen molar-refractivity contribution in [2.24, 2.45) is 5.92 Å². The molecule has 34 heavy (non-hydrogen) atoms. The number of carbonyl (C=O) groups is 1. The Morgan fingerprint density at radius 3 is 2.44 bits per heavy atom. The highest BCUT2D eigenvalue weighted by Gasteiger charge is 2.44. The maximum absolute atomic E-state index is 13.7. The molecule has 5 heteroatoms. The van der Waals surface area contributed by atoms with Crippen molar-refractivity contribution in [3.63, 3.8) is 0 Å². The lowest BCUT2D eigenvalue weighted by Crippen LogP contribution is -2.50. The van der Waals surface area contributed by atoms with Gasteiger partial charge in [-0.15, -0.1) is 0 Å². The minimum absolute atomic E-state index is 0.0202. The van der Waals surface area contributed by atoms with Gasteiger partial charge in [0.1, 0.15) is 5.82 Å². The predicted octanol–water partition coefficient (Wildman–Crippen LogP) is 5.72. The molecule has 0 saturated carbocycles. The van der Waals surface area contributed by atoms with E-state index < -0.39 is 0 Å². The number of fused-ring (bicyclic) bond motifs is 1. The molecule has 4 rings (SSSR count). The molecule has 3 aromatic carbocycles. The summed E-state index contributed by atoms with van der Waals surface area (Å²) in [5.74, 6) is -0.571. The van der Waals surface area contributed by atoms with Crippen LogP contribution < -0.4 is 5.32 Å². The Bertz CT molecular complexity index is 1210. The van der Waals surface area contributed by atoms with Crippen LogP contribution in [0.5, 0.6) is 0 Å². The minimum Gasteiger partial charge on any atom is -0.349 e. The molecule has 2 unspecified atom stereocenters. The standard InChI is InChI=1S/C29H32FN3O/c1-4-33-15-13-29(14-16-33,24-9-11-25(30)12-10-24)20(2)28(34)32-21(3)27-18-22(19-31)17-23-7-5-6-8-26(23)27/h5-12,17-18,20-21H,4,13-16H2,1-3H3,(H,32,34). The fourth-order valence-electron chi connectivity index (χ4n) is 5.45. The Morgan fingerprint density at radius 1 is 1.12 bits per heavy atom. The van der Waals surface area contributed by atoms with Gasteiger partial charge in [0, 0.05) is 11.3 Å². The second-order valence-electron chi connectivity index (χ2n) is 9.45. The topological polar surface area (TPSA) is 56.1 Å². The molecule has 1 fully saturated rings. The number of nitrogens with one attached hydrogen (secondary N) is 1. The van der Waals surface area contributed by atoms with Gasteiger partial charge in [-0.05, 0) is 85.6 Å². The number of halogens is 1. The fraction of sp³-hybridized carbons (Fsp3) is 0.379. The summed E-state index contributed by atoms with van der Waals surface area (Å²) < 4.78 is 13.7. The number of amides is 1. The second-order valence-corrected chi connectivity index (χ2v) is 9.45. The molecule has 0 aromatic heterocycles. The van der Waals surface area contributed by atoms with Crippen LogP contribution in [0.2, 0.25) is 0 Å². The van der Waals surface area contributed by atoms with Crippen LogP contribution in [-0.4, -0.2) is 30.4 Å². The Balaban J connectivity index is 1.63. The molecule has 1 aliphatic heterocycles. The molecule has 0 spiro atoms. The summed E-state index contributed by atoms with van der Waals surface area (Å²) in [5, 5.41) is 14.7. The van der Waals surface area contributed by atoms with E-state index in [1.807, 2.05) is 62.4 Å². The number of rotatable bonds is 6. The maximum atomic E-state index is 13.7. The SMILES string of the molecule is CCN1CCC(c2ccc(F)cc2)(C(C)C(=O)NC(C)c2cc(C#N)cc3ccccc23)CC1. The zero-order valence-electron chi connectivity index (χ0n) is 20.1. The number of hydrogen-bond donors (Lipinski definition) is 1. The molecule has 4 nitrogen and oxygen atoms in total. The van der Waals surface area contributed by atoms with E-state index in [1.165, 1.54) is 12.1 Å². The Morgan fingerprint density at radius 2 is 1.79 bits per heavy atom. The third kappa shape index (κ3) is 4.56. The van der Waals surface area contributed by atoms with Crippen molar-refractivity contribution in [2.75, 3.05) is 19.6 Å². The van der Waals surface area contributed by atoms with E-state index in [2.05, 4.69) is 23.2 Å². The zero-order valence-corrected chi connectivity index (χ0v) is 20.1. The number of hydrogen-bond acceptors (Lipinski definition) is 3. The first-order valence-electron chi connectivity index (χ1n) is 12.1. The van der Waals surface area contributed by atoms with Crippen molar-refractivity contribution in [1.29, 1.82) is 5.26 Å². The molecule has 0 radical (unpaired) electrons. The summed E-state index contributed by atoms with van der Waals surface area (Å²) in [6.45, 7) is 8.93. The van der Waals surface area contributed by atoms with E-state index in [9.17, 15) is 14.4 Å². The van der Waals surface area contributed by atoms with Crippen LogP contribution in [0, 0.1) is 23.1 Å². The number of likely N-dealkylation sites (tertiary alicyclic amines) is 1. The van der Waals surface area contributed by atoms with Gasteiger partial charge in [0.25, 0.3) is 0 Å². The van der Waals surface area contributed by atoms with E-state index in [0.29, 0.717) is 5.56 Å². The maximum Gasteiger partial charge on any atom is 0.224 e. The third-order valence-corrected chi connectivity index (χ3v) is 7.68. The highest BCUT2D eigenvalue weighted by atomic mass is 19.1. The van der Waals surface area contributed by atoms with E-state index in [0.717, 1.165) is 54.4 Å². The fourth-order valence-corrected chi connectivity index (χ4v) is 5.45. The molecule has 0 aliphatic carbocycles. The largest absolute Gasteiger partial charge is 0.349 e.